The van der Waals surface area contributed by atoms with Crippen LogP contribution in [0.3, 0.4) is 0 Å². The Morgan fingerprint density at radius 2 is 2.35 bits per heavy atom. The Kier molecular flexibility index (Phi) is 4.57. The van der Waals surface area contributed by atoms with Gasteiger partial charge in [0.1, 0.15) is 5.78 Å². The van der Waals surface area contributed by atoms with Gasteiger partial charge in [0.25, 0.3) is 0 Å². The average Bonchev–Trinajstić information content (AvgIpc) is 2.40. The Labute approximate surface area is 104 Å². The molecule has 2 heterocycles. The highest BCUT2D eigenvalue weighted by atomic mass is 16.5. The van der Waals surface area contributed by atoms with Crippen molar-refractivity contribution in [3.8, 4) is 0 Å². The first kappa shape index (κ1) is 13.0. The fraction of sp³-hybridized carbons (Fsp3) is 0.929. The summed E-state index contributed by atoms with van der Waals surface area (Å²) in [6.45, 7) is 5.63. The molecule has 2 unspecified atom stereocenters. The molecule has 2 saturated heterocycles. The Morgan fingerprint density at radius 1 is 1.47 bits per heavy atom. The first-order valence-corrected chi connectivity index (χ1v) is 7.11. The standard InChI is InChI=1S/C14H25NO2/c1-2-6-14(7-4-8-15-11-14)13(16)12-5-3-9-17-10-12/h12,15H,2-11H2,1H3. The van der Waals surface area contributed by atoms with Crippen LogP contribution < -0.4 is 5.32 Å². The summed E-state index contributed by atoms with van der Waals surface area (Å²) in [5.41, 5.74) is -0.0850. The molecule has 0 radical (unpaired) electrons. The number of ether oxygens (including phenoxy) is 1. The predicted octanol–water partition coefficient (Wildman–Crippen LogP) is 2.15. The second kappa shape index (κ2) is 5.96. The van der Waals surface area contributed by atoms with Gasteiger partial charge in [-0.05, 0) is 38.6 Å². The maximum atomic E-state index is 12.7. The molecule has 0 amide bonds. The van der Waals surface area contributed by atoms with E-state index in [1.165, 1.54) is 0 Å². The Bertz CT molecular complexity index is 247. The van der Waals surface area contributed by atoms with Gasteiger partial charge in [-0.2, -0.15) is 0 Å². The molecule has 17 heavy (non-hydrogen) atoms. The van der Waals surface area contributed by atoms with Crippen molar-refractivity contribution in [2.75, 3.05) is 26.3 Å². The number of piperidine rings is 1. The lowest BCUT2D eigenvalue weighted by molar-refractivity contribution is -0.138. The molecule has 0 saturated carbocycles. The summed E-state index contributed by atoms with van der Waals surface area (Å²) in [4.78, 5) is 12.7. The lowest BCUT2D eigenvalue weighted by atomic mass is 9.69. The SMILES string of the molecule is CCCC1(C(=O)C2CCCOC2)CCCNC1. The Hall–Kier alpha value is -0.410. The molecule has 0 aliphatic carbocycles. The first-order chi connectivity index (χ1) is 8.28. The summed E-state index contributed by atoms with van der Waals surface area (Å²) in [6.07, 6.45) is 6.43. The normalized spacial score (nSPS) is 34.5. The van der Waals surface area contributed by atoms with Crippen LogP contribution in [0.1, 0.15) is 45.4 Å². The molecule has 2 aliphatic heterocycles. The van der Waals surface area contributed by atoms with E-state index in [0.29, 0.717) is 12.4 Å². The molecule has 0 aromatic carbocycles. The van der Waals surface area contributed by atoms with E-state index >= 15 is 0 Å². The summed E-state index contributed by atoms with van der Waals surface area (Å²) >= 11 is 0. The van der Waals surface area contributed by atoms with E-state index in [1.807, 2.05) is 0 Å². The minimum absolute atomic E-state index is 0.0850. The van der Waals surface area contributed by atoms with E-state index in [-0.39, 0.29) is 11.3 Å². The van der Waals surface area contributed by atoms with Crippen LogP contribution in [0.4, 0.5) is 0 Å². The zero-order chi connectivity index (χ0) is 12.1. The minimum atomic E-state index is -0.0850. The van der Waals surface area contributed by atoms with Crippen molar-refractivity contribution in [1.82, 2.24) is 5.32 Å². The second-order valence-electron chi connectivity index (χ2n) is 5.59. The van der Waals surface area contributed by atoms with Crippen molar-refractivity contribution in [2.24, 2.45) is 11.3 Å². The van der Waals surface area contributed by atoms with Crippen LogP contribution in [0.5, 0.6) is 0 Å². The van der Waals surface area contributed by atoms with E-state index in [0.717, 1.165) is 58.2 Å². The number of rotatable bonds is 4. The van der Waals surface area contributed by atoms with Crippen molar-refractivity contribution >= 4 is 5.78 Å². The molecule has 2 aliphatic rings. The van der Waals surface area contributed by atoms with E-state index in [9.17, 15) is 4.79 Å². The highest BCUT2D eigenvalue weighted by molar-refractivity contribution is 5.87. The molecule has 1 N–H and O–H groups in total. The van der Waals surface area contributed by atoms with Crippen LogP contribution in [0.2, 0.25) is 0 Å². The van der Waals surface area contributed by atoms with Crippen LogP contribution in [-0.2, 0) is 9.53 Å². The maximum absolute atomic E-state index is 12.7. The second-order valence-corrected chi connectivity index (χ2v) is 5.59. The van der Waals surface area contributed by atoms with Crippen molar-refractivity contribution in [3.63, 3.8) is 0 Å². The molecular weight excluding hydrogens is 214 g/mol. The summed E-state index contributed by atoms with van der Waals surface area (Å²) in [5, 5.41) is 3.42. The van der Waals surface area contributed by atoms with Crippen molar-refractivity contribution in [3.05, 3.63) is 0 Å². The average molecular weight is 239 g/mol. The number of ketones is 1. The Morgan fingerprint density at radius 3 is 2.94 bits per heavy atom. The van der Waals surface area contributed by atoms with Gasteiger partial charge in [0, 0.05) is 24.5 Å². The first-order valence-electron chi connectivity index (χ1n) is 7.11. The maximum Gasteiger partial charge on any atom is 0.145 e. The van der Waals surface area contributed by atoms with Gasteiger partial charge < -0.3 is 10.1 Å². The van der Waals surface area contributed by atoms with Gasteiger partial charge >= 0.3 is 0 Å². The predicted molar refractivity (Wildman–Crippen MR) is 68.0 cm³/mol. The Balaban J connectivity index is 2.05. The molecule has 0 aromatic heterocycles. The molecule has 2 rings (SSSR count). The molecule has 0 spiro atoms. The van der Waals surface area contributed by atoms with Crippen molar-refractivity contribution in [2.45, 2.75) is 45.4 Å². The third-order valence-electron chi connectivity index (χ3n) is 4.25. The van der Waals surface area contributed by atoms with Crippen LogP contribution in [0.25, 0.3) is 0 Å². The van der Waals surface area contributed by atoms with Gasteiger partial charge in [-0.25, -0.2) is 0 Å². The molecule has 0 bridgehead atoms. The molecule has 2 atom stereocenters. The number of carbonyl (C=O) groups excluding carboxylic acids is 1. The highest BCUT2D eigenvalue weighted by Crippen LogP contribution is 2.36. The zero-order valence-electron chi connectivity index (χ0n) is 11.0. The van der Waals surface area contributed by atoms with E-state index in [4.69, 9.17) is 4.74 Å². The monoisotopic (exact) mass is 239 g/mol. The number of nitrogens with one attached hydrogen (secondary N) is 1. The van der Waals surface area contributed by atoms with Crippen molar-refractivity contribution < 1.29 is 9.53 Å². The summed E-state index contributed by atoms with van der Waals surface area (Å²) in [7, 11) is 0. The van der Waals surface area contributed by atoms with Gasteiger partial charge in [0.2, 0.25) is 0 Å². The minimum Gasteiger partial charge on any atom is -0.381 e. The number of Topliss-reactive ketones (excluding diaryl/α,β-unsaturated/α-hetero) is 1. The van der Waals surface area contributed by atoms with Crippen molar-refractivity contribution in [1.29, 1.82) is 0 Å². The molecule has 0 aromatic rings. The van der Waals surface area contributed by atoms with Crippen LogP contribution in [-0.4, -0.2) is 32.1 Å². The van der Waals surface area contributed by atoms with E-state index in [1.54, 1.807) is 0 Å². The lowest BCUT2D eigenvalue weighted by Crippen LogP contribution is -2.49. The lowest BCUT2D eigenvalue weighted by Gasteiger charge is -2.39. The van der Waals surface area contributed by atoms with E-state index < -0.39 is 0 Å². The number of carbonyl (C=O) groups is 1. The zero-order valence-corrected chi connectivity index (χ0v) is 11.0. The van der Waals surface area contributed by atoms with Gasteiger partial charge in [-0.1, -0.05) is 13.3 Å². The topological polar surface area (TPSA) is 38.3 Å². The van der Waals surface area contributed by atoms with E-state index in [2.05, 4.69) is 12.2 Å². The smallest absolute Gasteiger partial charge is 0.145 e. The van der Waals surface area contributed by atoms with Gasteiger partial charge in [-0.3, -0.25) is 4.79 Å². The molecule has 2 fully saturated rings. The number of hydrogen-bond donors (Lipinski definition) is 1. The van der Waals surface area contributed by atoms with Gasteiger partial charge in [-0.15, -0.1) is 0 Å². The highest BCUT2D eigenvalue weighted by Gasteiger charge is 2.42. The van der Waals surface area contributed by atoms with Crippen LogP contribution in [0.15, 0.2) is 0 Å². The third kappa shape index (κ3) is 2.89. The van der Waals surface area contributed by atoms with Gasteiger partial charge in [0.05, 0.1) is 6.61 Å². The summed E-state index contributed by atoms with van der Waals surface area (Å²) < 4.78 is 5.48. The van der Waals surface area contributed by atoms with Crippen LogP contribution in [0, 0.1) is 11.3 Å². The molecule has 98 valence electrons. The summed E-state index contributed by atoms with van der Waals surface area (Å²) in [6, 6.07) is 0. The quantitative estimate of drug-likeness (QED) is 0.817. The van der Waals surface area contributed by atoms with Crippen LogP contribution >= 0.6 is 0 Å². The molecule has 3 heteroatoms. The third-order valence-corrected chi connectivity index (χ3v) is 4.25. The van der Waals surface area contributed by atoms with Gasteiger partial charge in [0.15, 0.2) is 0 Å². The fourth-order valence-electron chi connectivity index (χ4n) is 3.37. The number of hydrogen-bond acceptors (Lipinski definition) is 3. The fourth-order valence-corrected chi connectivity index (χ4v) is 3.37. The molecule has 3 nitrogen and oxygen atoms in total. The molecular formula is C14H25NO2. The summed E-state index contributed by atoms with van der Waals surface area (Å²) in [5.74, 6) is 0.640. The largest absolute Gasteiger partial charge is 0.381 e.